The first-order valence-electron chi connectivity index (χ1n) is 9.80. The Labute approximate surface area is 171 Å². The summed E-state index contributed by atoms with van der Waals surface area (Å²) in [7, 11) is 0. The number of hydrogen-bond donors (Lipinski definition) is 1. The maximum absolute atomic E-state index is 12.6. The highest BCUT2D eigenvalue weighted by molar-refractivity contribution is 6.04. The number of aromatic nitrogens is 1. The lowest BCUT2D eigenvalue weighted by molar-refractivity contribution is -0.137. The van der Waals surface area contributed by atoms with E-state index in [9.17, 15) is 22.8 Å². The van der Waals surface area contributed by atoms with Gasteiger partial charge in [-0.05, 0) is 49.2 Å². The maximum atomic E-state index is 12.6. The zero-order valence-electron chi connectivity index (χ0n) is 16.2. The van der Waals surface area contributed by atoms with Crippen molar-refractivity contribution in [3.05, 3.63) is 53.7 Å². The SMILES string of the molecule is O=C(Nc1ccc(N2CCN(C(=O)C3CC3)CC2)nc1)c1ccc(C(F)(F)F)cc1. The van der Waals surface area contributed by atoms with Crippen LogP contribution in [0.4, 0.5) is 24.7 Å². The van der Waals surface area contributed by atoms with Gasteiger partial charge in [-0.3, -0.25) is 9.59 Å². The summed E-state index contributed by atoms with van der Waals surface area (Å²) in [5, 5.41) is 2.63. The second-order valence-corrected chi connectivity index (χ2v) is 7.52. The van der Waals surface area contributed by atoms with Crippen molar-refractivity contribution in [2.45, 2.75) is 19.0 Å². The molecule has 0 spiro atoms. The fraction of sp³-hybridized carbons (Fsp3) is 0.381. The number of hydrogen-bond acceptors (Lipinski definition) is 4. The van der Waals surface area contributed by atoms with E-state index in [1.54, 1.807) is 12.1 Å². The largest absolute Gasteiger partial charge is 0.416 e. The third kappa shape index (κ3) is 4.55. The molecule has 2 aromatic rings. The van der Waals surface area contributed by atoms with Gasteiger partial charge in [0.2, 0.25) is 5.91 Å². The van der Waals surface area contributed by atoms with E-state index in [1.165, 1.54) is 6.20 Å². The minimum atomic E-state index is -4.44. The van der Waals surface area contributed by atoms with Gasteiger partial charge in [0.1, 0.15) is 5.82 Å². The van der Waals surface area contributed by atoms with Gasteiger partial charge in [-0.15, -0.1) is 0 Å². The highest BCUT2D eigenvalue weighted by Crippen LogP contribution is 2.31. The Hall–Kier alpha value is -3.10. The molecule has 1 aromatic heterocycles. The molecule has 1 aliphatic heterocycles. The summed E-state index contributed by atoms with van der Waals surface area (Å²) in [4.78, 5) is 32.7. The van der Waals surface area contributed by atoms with Gasteiger partial charge in [0.25, 0.3) is 5.91 Å². The van der Waals surface area contributed by atoms with Crippen molar-refractivity contribution in [1.82, 2.24) is 9.88 Å². The third-order valence-electron chi connectivity index (χ3n) is 5.32. The van der Waals surface area contributed by atoms with Gasteiger partial charge in [-0.25, -0.2) is 4.98 Å². The van der Waals surface area contributed by atoms with Gasteiger partial charge < -0.3 is 15.1 Å². The molecule has 2 amide bonds. The van der Waals surface area contributed by atoms with E-state index in [1.807, 2.05) is 4.90 Å². The molecular weight excluding hydrogens is 397 g/mol. The molecule has 2 heterocycles. The summed E-state index contributed by atoms with van der Waals surface area (Å²) in [6, 6.07) is 7.52. The summed E-state index contributed by atoms with van der Waals surface area (Å²) < 4.78 is 37.9. The topological polar surface area (TPSA) is 65.5 Å². The molecule has 9 heteroatoms. The van der Waals surface area contributed by atoms with Crippen LogP contribution < -0.4 is 10.2 Å². The van der Waals surface area contributed by atoms with Crippen LogP contribution in [-0.4, -0.2) is 47.9 Å². The summed E-state index contributed by atoms with van der Waals surface area (Å²) in [6.45, 7) is 2.73. The van der Waals surface area contributed by atoms with Crippen LogP contribution in [0.5, 0.6) is 0 Å². The Morgan fingerprint density at radius 3 is 2.17 bits per heavy atom. The number of nitrogens with zero attached hydrogens (tertiary/aromatic N) is 3. The molecule has 1 N–H and O–H groups in total. The van der Waals surface area contributed by atoms with Crippen LogP contribution >= 0.6 is 0 Å². The fourth-order valence-corrected chi connectivity index (χ4v) is 3.41. The fourth-order valence-electron chi connectivity index (χ4n) is 3.41. The Balaban J connectivity index is 1.32. The molecule has 158 valence electrons. The lowest BCUT2D eigenvalue weighted by Gasteiger charge is -2.35. The highest BCUT2D eigenvalue weighted by Gasteiger charge is 2.34. The first-order chi connectivity index (χ1) is 14.3. The number of nitrogens with one attached hydrogen (secondary N) is 1. The van der Waals surface area contributed by atoms with Crippen molar-refractivity contribution >= 4 is 23.3 Å². The number of halogens is 3. The molecule has 30 heavy (non-hydrogen) atoms. The molecule has 0 radical (unpaired) electrons. The predicted octanol–water partition coefficient (Wildman–Crippen LogP) is 3.41. The second kappa shape index (κ2) is 7.97. The van der Waals surface area contributed by atoms with Crippen molar-refractivity contribution < 1.29 is 22.8 Å². The van der Waals surface area contributed by atoms with E-state index in [-0.39, 0.29) is 17.4 Å². The standard InChI is InChI=1S/C21H21F3N4O2/c22-21(23,24)16-5-3-14(4-6-16)19(29)26-17-7-8-18(25-13-17)27-9-11-28(12-10-27)20(30)15-1-2-15/h3-8,13,15H,1-2,9-12H2,(H,26,29). The number of rotatable bonds is 4. The molecular formula is C21H21F3N4O2. The van der Waals surface area contributed by atoms with E-state index in [2.05, 4.69) is 15.2 Å². The summed E-state index contributed by atoms with van der Waals surface area (Å²) in [6.07, 6.45) is -0.926. The zero-order chi connectivity index (χ0) is 21.3. The van der Waals surface area contributed by atoms with Gasteiger partial charge in [0, 0.05) is 37.7 Å². The monoisotopic (exact) mass is 418 g/mol. The van der Waals surface area contributed by atoms with Gasteiger partial charge in [0.05, 0.1) is 17.4 Å². The average Bonchev–Trinajstić information content (AvgIpc) is 3.59. The van der Waals surface area contributed by atoms with Crippen LogP contribution in [0, 0.1) is 5.92 Å². The third-order valence-corrected chi connectivity index (χ3v) is 5.32. The first-order valence-corrected chi connectivity index (χ1v) is 9.80. The van der Waals surface area contributed by atoms with Crippen molar-refractivity contribution in [1.29, 1.82) is 0 Å². The zero-order valence-corrected chi connectivity index (χ0v) is 16.2. The van der Waals surface area contributed by atoms with Crippen molar-refractivity contribution in [3.63, 3.8) is 0 Å². The summed E-state index contributed by atoms with van der Waals surface area (Å²) >= 11 is 0. The van der Waals surface area contributed by atoms with Crippen LogP contribution in [0.1, 0.15) is 28.8 Å². The van der Waals surface area contributed by atoms with Crippen LogP contribution in [0.2, 0.25) is 0 Å². The smallest absolute Gasteiger partial charge is 0.353 e. The second-order valence-electron chi connectivity index (χ2n) is 7.52. The number of benzene rings is 1. The van der Waals surface area contributed by atoms with Crippen LogP contribution in [0.3, 0.4) is 0 Å². The first kappa shape index (κ1) is 20.2. The molecule has 2 fully saturated rings. The number of carbonyl (C=O) groups excluding carboxylic acids is 2. The normalized spacial score (nSPS) is 17.0. The van der Waals surface area contributed by atoms with Gasteiger partial charge >= 0.3 is 6.18 Å². The quantitative estimate of drug-likeness (QED) is 0.827. The molecule has 1 saturated heterocycles. The van der Waals surface area contributed by atoms with Crippen LogP contribution in [-0.2, 0) is 11.0 Å². The average molecular weight is 418 g/mol. The van der Waals surface area contributed by atoms with Gasteiger partial charge in [0.15, 0.2) is 0 Å². The van der Waals surface area contributed by atoms with Crippen LogP contribution in [0.15, 0.2) is 42.6 Å². The van der Waals surface area contributed by atoms with Crippen molar-refractivity contribution in [2.24, 2.45) is 5.92 Å². The number of alkyl halides is 3. The Kier molecular flexibility index (Phi) is 5.36. The van der Waals surface area contributed by atoms with E-state index >= 15 is 0 Å². The van der Waals surface area contributed by atoms with E-state index in [0.717, 1.165) is 42.9 Å². The summed E-state index contributed by atoms with van der Waals surface area (Å²) in [5.74, 6) is 0.720. The van der Waals surface area contributed by atoms with E-state index in [4.69, 9.17) is 0 Å². The molecule has 1 aliphatic carbocycles. The molecule has 1 aromatic carbocycles. The minimum Gasteiger partial charge on any atom is -0.353 e. The molecule has 4 rings (SSSR count). The predicted molar refractivity (Wildman–Crippen MR) is 105 cm³/mol. The number of pyridine rings is 1. The number of anilines is 2. The number of piperazine rings is 1. The lowest BCUT2D eigenvalue weighted by atomic mass is 10.1. The highest BCUT2D eigenvalue weighted by atomic mass is 19.4. The van der Waals surface area contributed by atoms with Crippen LogP contribution in [0.25, 0.3) is 0 Å². The minimum absolute atomic E-state index is 0.128. The maximum Gasteiger partial charge on any atom is 0.416 e. The van der Waals surface area contributed by atoms with Crippen molar-refractivity contribution in [2.75, 3.05) is 36.4 Å². The lowest BCUT2D eigenvalue weighted by Crippen LogP contribution is -2.49. The molecule has 2 aliphatic rings. The molecule has 1 saturated carbocycles. The van der Waals surface area contributed by atoms with E-state index in [0.29, 0.717) is 31.9 Å². The van der Waals surface area contributed by atoms with Gasteiger partial charge in [-0.2, -0.15) is 13.2 Å². The Bertz CT molecular complexity index is 917. The molecule has 6 nitrogen and oxygen atoms in total. The molecule has 0 unspecified atom stereocenters. The Morgan fingerprint density at radius 2 is 1.63 bits per heavy atom. The Morgan fingerprint density at radius 1 is 0.967 bits per heavy atom. The van der Waals surface area contributed by atoms with Gasteiger partial charge in [-0.1, -0.05) is 0 Å². The van der Waals surface area contributed by atoms with Crippen molar-refractivity contribution in [3.8, 4) is 0 Å². The number of amides is 2. The van der Waals surface area contributed by atoms with E-state index < -0.39 is 17.6 Å². The molecule has 0 atom stereocenters. The number of carbonyl (C=O) groups is 2. The molecule has 0 bridgehead atoms. The summed E-state index contributed by atoms with van der Waals surface area (Å²) in [5.41, 5.74) is -0.223.